The van der Waals surface area contributed by atoms with E-state index in [2.05, 4.69) is 0 Å². The molecule has 0 bridgehead atoms. The van der Waals surface area contributed by atoms with Gasteiger partial charge in [0.25, 0.3) is 0 Å². The predicted molar refractivity (Wildman–Crippen MR) is 41.6 cm³/mol. The second kappa shape index (κ2) is 3.35. The average molecular weight is 143 g/mol. The van der Waals surface area contributed by atoms with Crippen molar-refractivity contribution in [2.75, 3.05) is 0 Å². The van der Waals surface area contributed by atoms with E-state index in [-0.39, 0.29) is 12.1 Å². The van der Waals surface area contributed by atoms with Crippen LogP contribution in [0.1, 0.15) is 32.6 Å². The molecule has 3 N–H and O–H groups in total. The Bertz CT molecular complexity index is 99.4. The van der Waals surface area contributed by atoms with Gasteiger partial charge in [-0.15, -0.1) is 0 Å². The Kier molecular flexibility index (Phi) is 2.69. The van der Waals surface area contributed by atoms with Gasteiger partial charge in [0.05, 0.1) is 6.10 Å². The fraction of sp³-hybridized carbons (Fsp3) is 1.00. The largest absolute Gasteiger partial charge is 0.392 e. The van der Waals surface area contributed by atoms with Gasteiger partial charge in [0.2, 0.25) is 0 Å². The average Bonchev–Trinajstić information content (AvgIpc) is 1.77. The van der Waals surface area contributed by atoms with E-state index in [0.717, 1.165) is 12.3 Å². The molecular formula is C8H17NO. The van der Waals surface area contributed by atoms with Crippen molar-refractivity contribution in [3.8, 4) is 0 Å². The lowest BCUT2D eigenvalue weighted by Crippen LogP contribution is -2.34. The van der Waals surface area contributed by atoms with Crippen LogP contribution in [-0.2, 0) is 0 Å². The first-order chi connectivity index (χ1) is 4.70. The van der Waals surface area contributed by atoms with Gasteiger partial charge in [0.1, 0.15) is 0 Å². The monoisotopic (exact) mass is 143 g/mol. The lowest BCUT2D eigenvalue weighted by atomic mass is 9.80. The standard InChI is InChI=1S/C8H17NO/c1-6(9)8(10)5-7-3-2-4-7/h6-8,10H,2-5,9H2,1H3/t6-,8-/m0/s1. The number of hydrogen-bond donors (Lipinski definition) is 2. The van der Waals surface area contributed by atoms with Gasteiger partial charge in [-0.25, -0.2) is 0 Å². The van der Waals surface area contributed by atoms with Crippen LogP contribution in [0, 0.1) is 5.92 Å². The van der Waals surface area contributed by atoms with Crippen LogP contribution in [0.5, 0.6) is 0 Å². The van der Waals surface area contributed by atoms with Gasteiger partial charge in [-0.3, -0.25) is 0 Å². The maximum Gasteiger partial charge on any atom is 0.0691 e. The topological polar surface area (TPSA) is 46.2 Å². The van der Waals surface area contributed by atoms with Crippen LogP contribution in [0.4, 0.5) is 0 Å². The number of hydrogen-bond acceptors (Lipinski definition) is 2. The van der Waals surface area contributed by atoms with E-state index in [1.807, 2.05) is 6.92 Å². The lowest BCUT2D eigenvalue weighted by Gasteiger charge is -2.28. The summed E-state index contributed by atoms with van der Waals surface area (Å²) in [6.45, 7) is 1.86. The number of nitrogens with two attached hydrogens (primary N) is 1. The Morgan fingerprint density at radius 3 is 2.50 bits per heavy atom. The molecule has 1 rings (SSSR count). The van der Waals surface area contributed by atoms with Crippen LogP contribution < -0.4 is 5.73 Å². The molecule has 0 aromatic heterocycles. The zero-order valence-corrected chi connectivity index (χ0v) is 6.59. The van der Waals surface area contributed by atoms with Crippen molar-refractivity contribution in [1.82, 2.24) is 0 Å². The molecule has 0 aliphatic heterocycles. The summed E-state index contributed by atoms with van der Waals surface area (Å²) in [4.78, 5) is 0. The molecule has 0 unspecified atom stereocenters. The highest BCUT2D eigenvalue weighted by molar-refractivity contribution is 4.76. The number of aliphatic hydroxyl groups excluding tert-OH is 1. The molecule has 0 heterocycles. The van der Waals surface area contributed by atoms with E-state index < -0.39 is 0 Å². The van der Waals surface area contributed by atoms with Crippen molar-refractivity contribution in [1.29, 1.82) is 0 Å². The zero-order valence-electron chi connectivity index (χ0n) is 6.59. The van der Waals surface area contributed by atoms with Crippen molar-refractivity contribution in [3.63, 3.8) is 0 Å². The molecule has 1 fully saturated rings. The Balaban J connectivity index is 2.10. The van der Waals surface area contributed by atoms with Gasteiger partial charge in [0.15, 0.2) is 0 Å². The summed E-state index contributed by atoms with van der Waals surface area (Å²) in [6.07, 6.45) is 4.58. The van der Waals surface area contributed by atoms with Gasteiger partial charge >= 0.3 is 0 Å². The van der Waals surface area contributed by atoms with Crippen molar-refractivity contribution >= 4 is 0 Å². The van der Waals surface area contributed by atoms with Crippen LogP contribution in [0.3, 0.4) is 0 Å². The molecule has 2 atom stereocenters. The highest BCUT2D eigenvalue weighted by Crippen LogP contribution is 2.30. The normalized spacial score (nSPS) is 25.5. The minimum Gasteiger partial charge on any atom is -0.392 e. The van der Waals surface area contributed by atoms with Gasteiger partial charge in [0, 0.05) is 6.04 Å². The van der Waals surface area contributed by atoms with Crippen LogP contribution >= 0.6 is 0 Å². The van der Waals surface area contributed by atoms with E-state index in [1.165, 1.54) is 19.3 Å². The van der Waals surface area contributed by atoms with Gasteiger partial charge in [-0.1, -0.05) is 19.3 Å². The number of rotatable bonds is 3. The minimum absolute atomic E-state index is 0.0550. The molecule has 1 aliphatic rings. The second-order valence-electron chi connectivity index (χ2n) is 3.46. The smallest absolute Gasteiger partial charge is 0.0691 e. The molecule has 0 saturated heterocycles. The Morgan fingerprint density at radius 2 is 2.20 bits per heavy atom. The highest BCUT2D eigenvalue weighted by Gasteiger charge is 2.22. The van der Waals surface area contributed by atoms with E-state index in [0.29, 0.717) is 0 Å². The zero-order chi connectivity index (χ0) is 7.56. The highest BCUT2D eigenvalue weighted by atomic mass is 16.3. The van der Waals surface area contributed by atoms with Crippen molar-refractivity contribution in [3.05, 3.63) is 0 Å². The lowest BCUT2D eigenvalue weighted by molar-refractivity contribution is 0.0996. The molecule has 0 amide bonds. The van der Waals surface area contributed by atoms with Gasteiger partial charge < -0.3 is 10.8 Å². The predicted octanol–water partition coefficient (Wildman–Crippen LogP) is 0.885. The molecule has 1 aliphatic carbocycles. The Morgan fingerprint density at radius 1 is 1.60 bits per heavy atom. The van der Waals surface area contributed by atoms with Gasteiger partial charge in [-0.2, -0.15) is 0 Å². The maximum atomic E-state index is 9.34. The van der Waals surface area contributed by atoms with Crippen molar-refractivity contribution in [2.24, 2.45) is 11.7 Å². The fourth-order valence-corrected chi connectivity index (χ4v) is 1.28. The van der Waals surface area contributed by atoms with Gasteiger partial charge in [-0.05, 0) is 19.3 Å². The summed E-state index contributed by atoms with van der Waals surface area (Å²) in [6, 6.07) is -0.0550. The van der Waals surface area contributed by atoms with Crippen molar-refractivity contribution in [2.45, 2.75) is 44.8 Å². The van der Waals surface area contributed by atoms with Crippen LogP contribution in [-0.4, -0.2) is 17.3 Å². The Labute approximate surface area is 62.4 Å². The molecule has 0 aromatic carbocycles. The van der Waals surface area contributed by atoms with Crippen LogP contribution in [0.2, 0.25) is 0 Å². The summed E-state index contributed by atoms with van der Waals surface area (Å²) in [7, 11) is 0. The number of aliphatic hydroxyl groups is 1. The second-order valence-corrected chi connectivity index (χ2v) is 3.46. The summed E-state index contributed by atoms with van der Waals surface area (Å²) in [5.74, 6) is 0.765. The van der Waals surface area contributed by atoms with Crippen LogP contribution in [0.15, 0.2) is 0 Å². The van der Waals surface area contributed by atoms with E-state index in [9.17, 15) is 5.11 Å². The molecule has 0 spiro atoms. The van der Waals surface area contributed by atoms with E-state index in [1.54, 1.807) is 0 Å². The molecule has 2 nitrogen and oxygen atoms in total. The molecule has 0 aromatic rings. The summed E-state index contributed by atoms with van der Waals surface area (Å²) in [5.41, 5.74) is 5.51. The summed E-state index contributed by atoms with van der Waals surface area (Å²) >= 11 is 0. The van der Waals surface area contributed by atoms with Crippen molar-refractivity contribution < 1.29 is 5.11 Å². The third-order valence-electron chi connectivity index (χ3n) is 2.41. The Hall–Kier alpha value is -0.0800. The fourth-order valence-electron chi connectivity index (χ4n) is 1.28. The SMILES string of the molecule is C[C@H](N)[C@@H](O)CC1CCC1. The minimum atomic E-state index is -0.273. The summed E-state index contributed by atoms with van der Waals surface area (Å²) in [5, 5.41) is 9.34. The molecule has 10 heavy (non-hydrogen) atoms. The quantitative estimate of drug-likeness (QED) is 0.616. The first kappa shape index (κ1) is 8.02. The molecule has 1 saturated carbocycles. The summed E-state index contributed by atoms with van der Waals surface area (Å²) < 4.78 is 0. The maximum absolute atomic E-state index is 9.34. The molecule has 2 heteroatoms. The molecular weight excluding hydrogens is 126 g/mol. The third kappa shape index (κ3) is 1.96. The first-order valence-corrected chi connectivity index (χ1v) is 4.14. The molecule has 60 valence electrons. The first-order valence-electron chi connectivity index (χ1n) is 4.14. The van der Waals surface area contributed by atoms with E-state index >= 15 is 0 Å². The van der Waals surface area contributed by atoms with Crippen LogP contribution in [0.25, 0.3) is 0 Å². The van der Waals surface area contributed by atoms with E-state index in [4.69, 9.17) is 5.73 Å². The molecule has 0 radical (unpaired) electrons. The third-order valence-corrected chi connectivity index (χ3v) is 2.41.